The molecule has 0 aromatic rings. The summed E-state index contributed by atoms with van der Waals surface area (Å²) in [4.78, 5) is 19.6. The van der Waals surface area contributed by atoms with Crippen molar-refractivity contribution in [3.8, 4) is 0 Å². The van der Waals surface area contributed by atoms with Crippen LogP contribution in [0.4, 0.5) is 4.39 Å². The zero-order valence-corrected chi connectivity index (χ0v) is 5.86. The summed E-state index contributed by atoms with van der Waals surface area (Å²) in [5, 5.41) is 0.913. The molecule has 56 valence electrons. The van der Waals surface area contributed by atoms with Crippen LogP contribution in [0.25, 0.3) is 0 Å². The summed E-state index contributed by atoms with van der Waals surface area (Å²) in [6, 6.07) is 0. The molecule has 0 saturated carbocycles. The molecule has 0 spiro atoms. The SMILES string of the molecule is NC(=O)C(F)=CSCC=O. The minimum Gasteiger partial charge on any atom is -0.364 e. The van der Waals surface area contributed by atoms with Gasteiger partial charge in [0.1, 0.15) is 6.29 Å². The van der Waals surface area contributed by atoms with Gasteiger partial charge in [0.25, 0.3) is 5.91 Å². The van der Waals surface area contributed by atoms with Crippen molar-refractivity contribution in [2.75, 3.05) is 5.75 Å². The van der Waals surface area contributed by atoms with Gasteiger partial charge < -0.3 is 10.5 Å². The number of halogens is 1. The van der Waals surface area contributed by atoms with Gasteiger partial charge in [0.05, 0.1) is 5.75 Å². The molecule has 0 aromatic carbocycles. The van der Waals surface area contributed by atoms with Crippen LogP contribution in [0.2, 0.25) is 0 Å². The molecular formula is C5H6FNO2S. The van der Waals surface area contributed by atoms with Crippen LogP contribution in [0, 0.1) is 0 Å². The Kier molecular flexibility index (Phi) is 4.57. The van der Waals surface area contributed by atoms with E-state index < -0.39 is 11.7 Å². The van der Waals surface area contributed by atoms with Crippen molar-refractivity contribution < 1.29 is 14.0 Å². The minimum atomic E-state index is -1.11. The van der Waals surface area contributed by atoms with Gasteiger partial charge in [-0.3, -0.25) is 4.79 Å². The van der Waals surface area contributed by atoms with Crippen LogP contribution < -0.4 is 5.73 Å². The van der Waals surface area contributed by atoms with E-state index in [4.69, 9.17) is 0 Å². The highest BCUT2D eigenvalue weighted by atomic mass is 32.2. The van der Waals surface area contributed by atoms with Gasteiger partial charge >= 0.3 is 0 Å². The number of hydrogen-bond acceptors (Lipinski definition) is 3. The fourth-order valence-electron chi connectivity index (χ4n) is 0.219. The summed E-state index contributed by atoms with van der Waals surface area (Å²) in [6.45, 7) is 0. The number of carbonyl (C=O) groups excluding carboxylic acids is 2. The monoisotopic (exact) mass is 163 g/mol. The highest BCUT2D eigenvalue weighted by molar-refractivity contribution is 8.02. The summed E-state index contributed by atoms with van der Waals surface area (Å²) in [7, 11) is 0. The number of amides is 1. The van der Waals surface area contributed by atoms with Crippen molar-refractivity contribution in [3.05, 3.63) is 11.2 Å². The van der Waals surface area contributed by atoms with Crippen LogP contribution >= 0.6 is 11.8 Å². The molecule has 2 N–H and O–H groups in total. The van der Waals surface area contributed by atoms with Crippen molar-refractivity contribution in [2.24, 2.45) is 5.73 Å². The van der Waals surface area contributed by atoms with Gasteiger partial charge in [0.15, 0.2) is 5.83 Å². The first kappa shape index (κ1) is 9.16. The predicted octanol–water partition coefficient (Wildman–Crippen LogP) is 0.215. The fourth-order valence-corrected chi connectivity index (χ4v) is 0.656. The molecule has 0 heterocycles. The lowest BCUT2D eigenvalue weighted by Gasteiger charge is -1.86. The molecule has 0 rings (SSSR count). The molecule has 5 heteroatoms. The van der Waals surface area contributed by atoms with Crippen molar-refractivity contribution >= 4 is 24.0 Å². The van der Waals surface area contributed by atoms with Crippen molar-refractivity contribution in [2.45, 2.75) is 0 Å². The first-order chi connectivity index (χ1) is 4.68. The van der Waals surface area contributed by atoms with E-state index in [9.17, 15) is 14.0 Å². The Morgan fingerprint density at radius 3 is 2.70 bits per heavy atom. The third-order valence-electron chi connectivity index (χ3n) is 0.586. The number of hydrogen-bond donors (Lipinski definition) is 1. The molecule has 0 aliphatic carbocycles. The smallest absolute Gasteiger partial charge is 0.277 e. The third kappa shape index (κ3) is 4.08. The van der Waals surface area contributed by atoms with E-state index in [0.29, 0.717) is 6.29 Å². The van der Waals surface area contributed by atoms with Crippen LogP contribution in [0.1, 0.15) is 0 Å². The quantitative estimate of drug-likeness (QED) is 0.366. The molecule has 0 fully saturated rings. The molecule has 10 heavy (non-hydrogen) atoms. The van der Waals surface area contributed by atoms with Crippen LogP contribution in [-0.4, -0.2) is 17.9 Å². The van der Waals surface area contributed by atoms with Crippen molar-refractivity contribution in [3.63, 3.8) is 0 Å². The van der Waals surface area contributed by atoms with Crippen LogP contribution in [0.15, 0.2) is 11.2 Å². The lowest BCUT2D eigenvalue weighted by atomic mass is 10.6. The van der Waals surface area contributed by atoms with Crippen molar-refractivity contribution in [1.29, 1.82) is 0 Å². The maximum atomic E-state index is 12.1. The van der Waals surface area contributed by atoms with Crippen LogP contribution in [0.5, 0.6) is 0 Å². The second-order valence-corrected chi connectivity index (χ2v) is 2.23. The number of primary amides is 1. The van der Waals surface area contributed by atoms with Gasteiger partial charge in [0, 0.05) is 5.41 Å². The van der Waals surface area contributed by atoms with Gasteiger partial charge in [-0.1, -0.05) is 0 Å². The van der Waals surface area contributed by atoms with E-state index >= 15 is 0 Å². The first-order valence-electron chi connectivity index (χ1n) is 2.39. The standard InChI is InChI=1S/C5H6FNO2S/c6-4(5(7)9)3-10-2-1-8/h1,3H,2H2,(H2,7,9). The second-order valence-electron chi connectivity index (χ2n) is 1.33. The lowest BCUT2D eigenvalue weighted by molar-refractivity contribution is -0.115. The summed E-state index contributed by atoms with van der Waals surface area (Å²) in [5.41, 5.74) is 4.53. The molecule has 0 aromatic heterocycles. The Morgan fingerprint density at radius 1 is 1.70 bits per heavy atom. The number of thioether (sulfide) groups is 1. The molecular weight excluding hydrogens is 157 g/mol. The number of rotatable bonds is 4. The Labute approximate surface area is 61.5 Å². The largest absolute Gasteiger partial charge is 0.364 e. The first-order valence-corrected chi connectivity index (χ1v) is 3.44. The second kappa shape index (κ2) is 4.99. The number of nitrogens with two attached hydrogens (primary N) is 1. The molecule has 1 amide bonds. The fraction of sp³-hybridized carbons (Fsp3) is 0.200. The maximum Gasteiger partial charge on any atom is 0.277 e. The van der Waals surface area contributed by atoms with Gasteiger partial charge in [-0.25, -0.2) is 4.39 Å². The van der Waals surface area contributed by atoms with Gasteiger partial charge in [-0.15, -0.1) is 11.8 Å². The predicted molar refractivity (Wildman–Crippen MR) is 36.9 cm³/mol. The van der Waals surface area contributed by atoms with E-state index in [0.717, 1.165) is 17.2 Å². The molecule has 0 bridgehead atoms. The molecule has 3 nitrogen and oxygen atoms in total. The molecule has 0 unspecified atom stereocenters. The summed E-state index contributed by atoms with van der Waals surface area (Å²) >= 11 is 0.884. The highest BCUT2D eigenvalue weighted by Crippen LogP contribution is 2.05. The summed E-state index contributed by atoms with van der Waals surface area (Å²) in [6.07, 6.45) is 0.607. The van der Waals surface area contributed by atoms with Gasteiger partial charge in [0.2, 0.25) is 0 Å². The Morgan fingerprint density at radius 2 is 2.30 bits per heavy atom. The third-order valence-corrected chi connectivity index (χ3v) is 1.29. The minimum absolute atomic E-state index is 0.126. The normalized spacial score (nSPS) is 11.1. The topological polar surface area (TPSA) is 60.2 Å². The van der Waals surface area contributed by atoms with Gasteiger partial charge in [-0.2, -0.15) is 0 Å². The van der Waals surface area contributed by atoms with Crippen LogP contribution in [0.3, 0.4) is 0 Å². The Bertz CT molecular complexity index is 169. The van der Waals surface area contributed by atoms with Crippen molar-refractivity contribution in [1.82, 2.24) is 0 Å². The number of carbonyl (C=O) groups is 2. The number of aldehydes is 1. The molecule has 0 aliphatic heterocycles. The van der Waals surface area contributed by atoms with E-state index in [-0.39, 0.29) is 5.75 Å². The average Bonchev–Trinajstić information content (AvgIpc) is 1.88. The van der Waals surface area contributed by atoms with E-state index in [2.05, 4.69) is 5.73 Å². The summed E-state index contributed by atoms with van der Waals surface area (Å²) in [5.74, 6) is -2.01. The summed E-state index contributed by atoms with van der Waals surface area (Å²) < 4.78 is 12.1. The van der Waals surface area contributed by atoms with E-state index in [1.165, 1.54) is 0 Å². The average molecular weight is 163 g/mol. The molecule has 0 atom stereocenters. The zero-order valence-electron chi connectivity index (χ0n) is 5.04. The zero-order chi connectivity index (χ0) is 7.98. The van der Waals surface area contributed by atoms with Crippen LogP contribution in [-0.2, 0) is 9.59 Å². The van der Waals surface area contributed by atoms with E-state index in [1.807, 2.05) is 0 Å². The molecule has 0 aliphatic rings. The molecule has 0 radical (unpaired) electrons. The van der Waals surface area contributed by atoms with Gasteiger partial charge in [-0.05, 0) is 0 Å². The lowest BCUT2D eigenvalue weighted by Crippen LogP contribution is -2.10. The Balaban J connectivity index is 3.68. The maximum absolute atomic E-state index is 12.1. The Hall–Kier alpha value is -0.840. The molecule has 0 saturated heterocycles. The highest BCUT2D eigenvalue weighted by Gasteiger charge is 1.99. The van der Waals surface area contributed by atoms with E-state index in [1.54, 1.807) is 0 Å².